The molecule has 0 atom stereocenters. The van der Waals surface area contributed by atoms with Crippen LogP contribution in [0.5, 0.6) is 0 Å². The summed E-state index contributed by atoms with van der Waals surface area (Å²) >= 11 is 6.11. The van der Waals surface area contributed by atoms with E-state index in [0.717, 1.165) is 16.7 Å². The summed E-state index contributed by atoms with van der Waals surface area (Å²) in [6, 6.07) is 12.9. The number of nitrogens with zero attached hydrogens (tertiary/aromatic N) is 1. The highest BCUT2D eigenvalue weighted by Gasteiger charge is 2.26. The molecule has 2 aromatic rings. The van der Waals surface area contributed by atoms with Crippen molar-refractivity contribution < 1.29 is 13.2 Å². The summed E-state index contributed by atoms with van der Waals surface area (Å²) in [5, 5.41) is 3.45. The Hall–Kier alpha value is -1.89. The number of hydrogen-bond donors (Lipinski definition) is 1. The van der Waals surface area contributed by atoms with Crippen molar-refractivity contribution in [2.24, 2.45) is 0 Å². The number of carbonyl (C=O) groups excluding carboxylic acids is 1. The molecule has 1 heterocycles. The minimum absolute atomic E-state index is 0.158. The van der Waals surface area contributed by atoms with Crippen molar-refractivity contribution in [2.45, 2.75) is 32.7 Å². The van der Waals surface area contributed by atoms with Gasteiger partial charge in [0.05, 0.1) is 12.2 Å². The van der Waals surface area contributed by atoms with Crippen LogP contribution in [0.25, 0.3) is 0 Å². The van der Waals surface area contributed by atoms with E-state index in [4.69, 9.17) is 11.6 Å². The number of sulfonamides is 1. The van der Waals surface area contributed by atoms with E-state index >= 15 is 0 Å². The minimum Gasteiger partial charge on any atom is -0.326 e. The average molecular weight is 407 g/mol. The lowest BCUT2D eigenvalue weighted by atomic mass is 10.0. The van der Waals surface area contributed by atoms with Gasteiger partial charge in [-0.25, -0.2) is 8.42 Å². The standard InChI is InChI=1S/C20H23ClN2O3S/c1-2-11-27(25,26)23-10-9-15-7-8-18(12-17(15)14-23)22-20(24)13-16-5-3-4-6-19(16)21/h3-8,12H,2,9-11,13-14H2,1H3,(H,22,24). The van der Waals surface area contributed by atoms with Crippen LogP contribution >= 0.6 is 11.6 Å². The second-order valence-corrected chi connectivity index (χ2v) is 9.20. The third-order valence-electron chi connectivity index (χ3n) is 4.63. The SMILES string of the molecule is CCCS(=O)(=O)N1CCc2ccc(NC(=O)Cc3ccccc3Cl)cc2C1. The third kappa shape index (κ3) is 4.89. The van der Waals surface area contributed by atoms with Crippen molar-refractivity contribution in [3.63, 3.8) is 0 Å². The zero-order valence-electron chi connectivity index (χ0n) is 15.2. The highest BCUT2D eigenvalue weighted by molar-refractivity contribution is 7.89. The molecule has 1 amide bonds. The maximum Gasteiger partial charge on any atom is 0.228 e. The molecule has 2 aromatic carbocycles. The summed E-state index contributed by atoms with van der Waals surface area (Å²) in [5.74, 6) is 0.00525. The van der Waals surface area contributed by atoms with Crippen LogP contribution in [0.4, 0.5) is 5.69 Å². The van der Waals surface area contributed by atoms with Crippen LogP contribution in [0.3, 0.4) is 0 Å². The van der Waals surface area contributed by atoms with Gasteiger partial charge in [-0.2, -0.15) is 4.31 Å². The highest BCUT2D eigenvalue weighted by Crippen LogP contribution is 2.25. The van der Waals surface area contributed by atoms with Crippen molar-refractivity contribution in [2.75, 3.05) is 17.6 Å². The molecule has 7 heteroatoms. The average Bonchev–Trinajstić information content (AvgIpc) is 2.63. The second-order valence-electron chi connectivity index (χ2n) is 6.70. The Balaban J connectivity index is 1.71. The van der Waals surface area contributed by atoms with Gasteiger partial charge in [0, 0.05) is 23.8 Å². The summed E-state index contributed by atoms with van der Waals surface area (Å²) in [5.41, 5.74) is 3.51. The van der Waals surface area contributed by atoms with Crippen LogP contribution in [0.15, 0.2) is 42.5 Å². The van der Waals surface area contributed by atoms with E-state index in [9.17, 15) is 13.2 Å². The number of hydrogen-bond acceptors (Lipinski definition) is 3. The zero-order chi connectivity index (χ0) is 19.4. The molecule has 0 aliphatic carbocycles. The molecule has 0 saturated carbocycles. The van der Waals surface area contributed by atoms with Gasteiger partial charge in [-0.1, -0.05) is 42.8 Å². The molecule has 0 aromatic heterocycles. The summed E-state index contributed by atoms with van der Waals surface area (Å²) in [6.07, 6.45) is 1.48. The van der Waals surface area contributed by atoms with Crippen molar-refractivity contribution in [3.05, 3.63) is 64.2 Å². The fraction of sp³-hybridized carbons (Fsp3) is 0.350. The Morgan fingerprint density at radius 3 is 2.70 bits per heavy atom. The van der Waals surface area contributed by atoms with E-state index in [1.165, 1.54) is 4.31 Å². The number of amides is 1. The normalized spacial score (nSPS) is 14.6. The Morgan fingerprint density at radius 1 is 1.19 bits per heavy atom. The van der Waals surface area contributed by atoms with Crippen LogP contribution < -0.4 is 5.32 Å². The lowest BCUT2D eigenvalue weighted by molar-refractivity contribution is -0.115. The molecule has 0 fully saturated rings. The second kappa shape index (κ2) is 8.42. The van der Waals surface area contributed by atoms with Gasteiger partial charge in [0.2, 0.25) is 15.9 Å². The summed E-state index contributed by atoms with van der Waals surface area (Å²) in [7, 11) is -3.23. The molecular weight excluding hydrogens is 384 g/mol. The molecule has 1 aliphatic rings. The predicted octanol–water partition coefficient (Wildman–Crippen LogP) is 3.62. The van der Waals surface area contributed by atoms with E-state index < -0.39 is 10.0 Å². The number of benzene rings is 2. The molecule has 1 aliphatic heterocycles. The lowest BCUT2D eigenvalue weighted by Crippen LogP contribution is -2.37. The van der Waals surface area contributed by atoms with Gasteiger partial charge < -0.3 is 5.32 Å². The number of nitrogens with one attached hydrogen (secondary N) is 1. The maximum atomic E-state index is 12.3. The van der Waals surface area contributed by atoms with E-state index in [0.29, 0.717) is 36.6 Å². The van der Waals surface area contributed by atoms with E-state index in [1.807, 2.05) is 43.3 Å². The Kier molecular flexibility index (Phi) is 6.19. The number of anilines is 1. The maximum absolute atomic E-state index is 12.3. The lowest BCUT2D eigenvalue weighted by Gasteiger charge is -2.28. The van der Waals surface area contributed by atoms with Crippen molar-refractivity contribution in [1.82, 2.24) is 4.31 Å². The first-order valence-electron chi connectivity index (χ1n) is 9.02. The predicted molar refractivity (Wildman–Crippen MR) is 108 cm³/mol. The Bertz CT molecular complexity index is 944. The van der Waals surface area contributed by atoms with Gasteiger partial charge in [-0.05, 0) is 47.7 Å². The first-order valence-corrected chi connectivity index (χ1v) is 11.0. The monoisotopic (exact) mass is 406 g/mol. The molecule has 3 rings (SSSR count). The molecule has 0 spiro atoms. The van der Waals surface area contributed by atoms with Crippen LogP contribution in [0, 0.1) is 0 Å². The van der Waals surface area contributed by atoms with Crippen LogP contribution in [-0.2, 0) is 34.2 Å². The third-order valence-corrected chi connectivity index (χ3v) is 7.02. The summed E-state index contributed by atoms with van der Waals surface area (Å²) in [4.78, 5) is 12.3. The van der Waals surface area contributed by atoms with Gasteiger partial charge in [-0.15, -0.1) is 0 Å². The fourth-order valence-electron chi connectivity index (χ4n) is 3.25. The largest absolute Gasteiger partial charge is 0.326 e. The molecule has 0 unspecified atom stereocenters. The molecule has 144 valence electrons. The number of fused-ring (bicyclic) bond motifs is 1. The minimum atomic E-state index is -3.23. The Morgan fingerprint density at radius 2 is 1.96 bits per heavy atom. The van der Waals surface area contributed by atoms with E-state index in [-0.39, 0.29) is 18.1 Å². The van der Waals surface area contributed by atoms with Crippen LogP contribution in [0.2, 0.25) is 5.02 Å². The number of carbonyl (C=O) groups is 1. The molecular formula is C20H23ClN2O3S. The quantitative estimate of drug-likeness (QED) is 0.796. The van der Waals surface area contributed by atoms with Gasteiger partial charge in [0.15, 0.2) is 0 Å². The Labute approximate surface area is 165 Å². The molecule has 0 saturated heterocycles. The van der Waals surface area contributed by atoms with Crippen LogP contribution in [0.1, 0.15) is 30.0 Å². The molecule has 0 radical (unpaired) electrons. The molecule has 27 heavy (non-hydrogen) atoms. The molecule has 1 N–H and O–H groups in total. The fourth-order valence-corrected chi connectivity index (χ4v) is 4.94. The number of halogens is 1. The first-order chi connectivity index (χ1) is 12.9. The zero-order valence-corrected chi connectivity index (χ0v) is 16.8. The molecule has 5 nitrogen and oxygen atoms in total. The topological polar surface area (TPSA) is 66.5 Å². The summed E-state index contributed by atoms with van der Waals surface area (Å²) in [6.45, 7) is 2.72. The van der Waals surface area contributed by atoms with Crippen molar-refractivity contribution in [3.8, 4) is 0 Å². The van der Waals surface area contributed by atoms with Crippen LogP contribution in [-0.4, -0.2) is 30.9 Å². The van der Waals surface area contributed by atoms with Gasteiger partial charge in [0.25, 0.3) is 0 Å². The van der Waals surface area contributed by atoms with Crippen molar-refractivity contribution in [1.29, 1.82) is 0 Å². The smallest absolute Gasteiger partial charge is 0.228 e. The van der Waals surface area contributed by atoms with E-state index in [1.54, 1.807) is 6.07 Å². The van der Waals surface area contributed by atoms with Crippen molar-refractivity contribution >= 4 is 33.2 Å². The summed E-state index contributed by atoms with van der Waals surface area (Å²) < 4.78 is 26.2. The van der Waals surface area contributed by atoms with Gasteiger partial charge in [0.1, 0.15) is 0 Å². The number of rotatable bonds is 6. The molecule has 0 bridgehead atoms. The van der Waals surface area contributed by atoms with Gasteiger partial charge in [-0.3, -0.25) is 4.79 Å². The first kappa shape index (κ1) is 19.9. The van der Waals surface area contributed by atoms with Gasteiger partial charge >= 0.3 is 0 Å². The highest BCUT2D eigenvalue weighted by atomic mass is 35.5. The van der Waals surface area contributed by atoms with E-state index in [2.05, 4.69) is 5.32 Å².